The van der Waals surface area contributed by atoms with Crippen molar-refractivity contribution >= 4 is 27.5 Å². The average molecular weight is 235 g/mol. The molecule has 0 spiro atoms. The highest BCUT2D eigenvalue weighted by Gasteiger charge is 2.05. The first-order valence-electron chi connectivity index (χ1n) is 3.43. The first kappa shape index (κ1) is 9.01. The molecular weight excluding hydrogens is 225 g/mol. The van der Waals surface area contributed by atoms with Crippen molar-refractivity contribution < 1.29 is 0 Å². The smallest absolute Gasteiger partial charge is 0.129 e. The molecule has 11 heavy (non-hydrogen) atoms. The van der Waals surface area contributed by atoms with Crippen LogP contribution >= 0.6 is 27.5 Å². The molecule has 1 aromatic heterocycles. The Morgan fingerprint density at radius 1 is 1.45 bits per heavy atom. The highest BCUT2D eigenvalue weighted by molar-refractivity contribution is 9.10. The van der Waals surface area contributed by atoms with Crippen LogP contribution in [0.1, 0.15) is 25.5 Å². The Labute approximate surface area is 79.9 Å². The zero-order chi connectivity index (χ0) is 8.43. The summed E-state index contributed by atoms with van der Waals surface area (Å²) in [5.74, 6) is 0.406. The Balaban J connectivity index is 3.13. The Bertz CT molecular complexity index is 260. The SMILES string of the molecule is CC(C)c1nc(Cl)ccc1Br. The second-order valence-corrected chi connectivity index (χ2v) is 3.90. The van der Waals surface area contributed by atoms with E-state index in [1.165, 1.54) is 0 Å². The van der Waals surface area contributed by atoms with Crippen LogP contribution in [0, 0.1) is 0 Å². The van der Waals surface area contributed by atoms with E-state index in [-0.39, 0.29) is 0 Å². The summed E-state index contributed by atoms with van der Waals surface area (Å²) in [6.45, 7) is 4.17. The first-order valence-corrected chi connectivity index (χ1v) is 4.60. The van der Waals surface area contributed by atoms with E-state index in [9.17, 15) is 0 Å². The number of pyridine rings is 1. The lowest BCUT2D eigenvalue weighted by Crippen LogP contribution is -1.93. The molecule has 0 aromatic carbocycles. The van der Waals surface area contributed by atoms with Crippen molar-refractivity contribution in [3.63, 3.8) is 0 Å². The van der Waals surface area contributed by atoms with Crippen LogP contribution in [0.2, 0.25) is 5.15 Å². The van der Waals surface area contributed by atoms with E-state index in [4.69, 9.17) is 11.6 Å². The fourth-order valence-electron chi connectivity index (χ4n) is 0.838. The number of rotatable bonds is 1. The molecule has 1 heterocycles. The topological polar surface area (TPSA) is 12.9 Å². The lowest BCUT2D eigenvalue weighted by Gasteiger charge is -2.06. The van der Waals surface area contributed by atoms with E-state index in [0.717, 1.165) is 10.2 Å². The van der Waals surface area contributed by atoms with E-state index in [1.54, 1.807) is 6.07 Å². The first-order chi connectivity index (χ1) is 5.11. The molecular formula is C8H9BrClN. The van der Waals surface area contributed by atoms with Crippen LogP contribution < -0.4 is 0 Å². The summed E-state index contributed by atoms with van der Waals surface area (Å²) in [4.78, 5) is 4.19. The molecule has 1 aromatic rings. The number of aromatic nitrogens is 1. The van der Waals surface area contributed by atoms with Crippen LogP contribution in [0.4, 0.5) is 0 Å². The maximum atomic E-state index is 5.73. The minimum Gasteiger partial charge on any atom is -0.240 e. The van der Waals surface area contributed by atoms with Crippen LogP contribution in [-0.4, -0.2) is 4.98 Å². The minimum absolute atomic E-state index is 0.406. The van der Waals surface area contributed by atoms with E-state index in [2.05, 4.69) is 34.8 Å². The van der Waals surface area contributed by atoms with Gasteiger partial charge in [-0.05, 0) is 34.0 Å². The Kier molecular flexibility index (Phi) is 2.90. The lowest BCUT2D eigenvalue weighted by atomic mass is 10.1. The quantitative estimate of drug-likeness (QED) is 0.676. The molecule has 0 aliphatic rings. The zero-order valence-corrected chi connectivity index (χ0v) is 8.78. The third-order valence-electron chi connectivity index (χ3n) is 1.39. The Morgan fingerprint density at radius 2 is 2.09 bits per heavy atom. The van der Waals surface area contributed by atoms with Crippen molar-refractivity contribution in [1.82, 2.24) is 4.98 Å². The van der Waals surface area contributed by atoms with Gasteiger partial charge >= 0.3 is 0 Å². The summed E-state index contributed by atoms with van der Waals surface area (Å²) >= 11 is 9.14. The van der Waals surface area contributed by atoms with Gasteiger partial charge in [0, 0.05) is 4.47 Å². The van der Waals surface area contributed by atoms with Crippen molar-refractivity contribution in [1.29, 1.82) is 0 Å². The molecule has 1 rings (SSSR count). The summed E-state index contributed by atoms with van der Waals surface area (Å²) in [5, 5.41) is 0.553. The molecule has 3 heteroatoms. The van der Waals surface area contributed by atoms with Crippen LogP contribution in [0.3, 0.4) is 0 Å². The van der Waals surface area contributed by atoms with Gasteiger partial charge in [-0.25, -0.2) is 4.98 Å². The highest BCUT2D eigenvalue weighted by Crippen LogP contribution is 2.23. The zero-order valence-electron chi connectivity index (χ0n) is 6.44. The van der Waals surface area contributed by atoms with Crippen molar-refractivity contribution in [2.45, 2.75) is 19.8 Å². The van der Waals surface area contributed by atoms with Gasteiger partial charge < -0.3 is 0 Å². The number of halogens is 2. The maximum Gasteiger partial charge on any atom is 0.129 e. The van der Waals surface area contributed by atoms with Gasteiger partial charge in [-0.3, -0.25) is 0 Å². The average Bonchev–Trinajstić information content (AvgIpc) is 1.94. The molecule has 0 amide bonds. The third-order valence-corrected chi connectivity index (χ3v) is 2.27. The third kappa shape index (κ3) is 2.17. The predicted molar refractivity (Wildman–Crippen MR) is 51.0 cm³/mol. The fourth-order valence-corrected chi connectivity index (χ4v) is 1.67. The molecule has 0 bridgehead atoms. The van der Waals surface area contributed by atoms with Gasteiger partial charge in [0.1, 0.15) is 5.15 Å². The fraction of sp³-hybridized carbons (Fsp3) is 0.375. The standard InChI is InChI=1S/C8H9BrClN/c1-5(2)8-6(9)3-4-7(10)11-8/h3-5H,1-2H3. The molecule has 0 fully saturated rings. The van der Waals surface area contributed by atoms with Gasteiger partial charge in [-0.1, -0.05) is 25.4 Å². The molecule has 1 nitrogen and oxygen atoms in total. The van der Waals surface area contributed by atoms with E-state index in [1.807, 2.05) is 6.07 Å². The summed E-state index contributed by atoms with van der Waals surface area (Å²) in [5.41, 5.74) is 1.01. The molecule has 0 unspecified atom stereocenters. The Morgan fingerprint density at radius 3 is 2.55 bits per heavy atom. The van der Waals surface area contributed by atoms with Gasteiger partial charge in [0.25, 0.3) is 0 Å². The second-order valence-electron chi connectivity index (χ2n) is 2.66. The lowest BCUT2D eigenvalue weighted by molar-refractivity contribution is 0.816. The van der Waals surface area contributed by atoms with Crippen molar-refractivity contribution in [3.8, 4) is 0 Å². The van der Waals surface area contributed by atoms with Gasteiger partial charge in [-0.2, -0.15) is 0 Å². The largest absolute Gasteiger partial charge is 0.240 e. The maximum absolute atomic E-state index is 5.73. The molecule has 60 valence electrons. The number of hydrogen-bond donors (Lipinski definition) is 0. The summed E-state index contributed by atoms with van der Waals surface area (Å²) < 4.78 is 1.02. The molecule has 0 atom stereocenters. The van der Waals surface area contributed by atoms with Gasteiger partial charge in [-0.15, -0.1) is 0 Å². The minimum atomic E-state index is 0.406. The molecule has 0 aliphatic carbocycles. The van der Waals surface area contributed by atoms with Gasteiger partial charge in [0.2, 0.25) is 0 Å². The van der Waals surface area contributed by atoms with Gasteiger partial charge in [0.05, 0.1) is 5.69 Å². The molecule has 0 N–H and O–H groups in total. The highest BCUT2D eigenvalue weighted by atomic mass is 79.9. The van der Waals surface area contributed by atoms with Crippen LogP contribution in [-0.2, 0) is 0 Å². The number of nitrogens with zero attached hydrogens (tertiary/aromatic N) is 1. The molecule has 0 saturated heterocycles. The predicted octanol–water partition coefficient (Wildman–Crippen LogP) is 3.62. The van der Waals surface area contributed by atoms with Crippen LogP contribution in [0.5, 0.6) is 0 Å². The monoisotopic (exact) mass is 233 g/mol. The summed E-state index contributed by atoms with van der Waals surface area (Å²) in [6, 6.07) is 3.70. The molecule has 0 radical (unpaired) electrons. The molecule has 0 aliphatic heterocycles. The van der Waals surface area contributed by atoms with E-state index in [0.29, 0.717) is 11.1 Å². The van der Waals surface area contributed by atoms with Gasteiger partial charge in [0.15, 0.2) is 0 Å². The van der Waals surface area contributed by atoms with E-state index < -0.39 is 0 Å². The van der Waals surface area contributed by atoms with E-state index >= 15 is 0 Å². The van der Waals surface area contributed by atoms with Crippen molar-refractivity contribution in [3.05, 3.63) is 27.5 Å². The van der Waals surface area contributed by atoms with Crippen molar-refractivity contribution in [2.24, 2.45) is 0 Å². The van der Waals surface area contributed by atoms with Crippen molar-refractivity contribution in [2.75, 3.05) is 0 Å². The Hall–Kier alpha value is -0.0800. The second kappa shape index (κ2) is 3.55. The molecule has 0 saturated carbocycles. The van der Waals surface area contributed by atoms with Crippen LogP contribution in [0.25, 0.3) is 0 Å². The summed E-state index contributed by atoms with van der Waals surface area (Å²) in [6.07, 6.45) is 0. The normalized spacial score (nSPS) is 10.6. The van der Waals surface area contributed by atoms with Crippen LogP contribution in [0.15, 0.2) is 16.6 Å². The summed E-state index contributed by atoms with van der Waals surface area (Å²) in [7, 11) is 0. The number of hydrogen-bond acceptors (Lipinski definition) is 1.